The lowest BCUT2D eigenvalue weighted by Crippen LogP contribution is -2.54. The lowest BCUT2D eigenvalue weighted by molar-refractivity contribution is 0.0726. The van der Waals surface area contributed by atoms with Crippen molar-refractivity contribution in [1.82, 2.24) is 20.1 Å². The molecule has 0 aliphatic carbocycles. The van der Waals surface area contributed by atoms with Crippen LogP contribution < -0.4 is 4.90 Å². The second-order valence-electron chi connectivity index (χ2n) is 7.80. The van der Waals surface area contributed by atoms with Crippen LogP contribution in [0.2, 0.25) is 0 Å². The van der Waals surface area contributed by atoms with E-state index in [-0.39, 0.29) is 11.9 Å². The number of nitrogens with zero attached hydrogens (tertiary/aromatic N) is 5. The molecule has 1 unspecified atom stereocenters. The van der Waals surface area contributed by atoms with Gasteiger partial charge in [-0.05, 0) is 31.2 Å². The first-order valence-corrected chi connectivity index (χ1v) is 10.5. The first-order chi connectivity index (χ1) is 15.2. The van der Waals surface area contributed by atoms with Crippen molar-refractivity contribution in [2.24, 2.45) is 0 Å². The Kier molecular flexibility index (Phi) is 5.04. The van der Waals surface area contributed by atoms with Crippen molar-refractivity contribution in [1.29, 1.82) is 0 Å². The number of benzene rings is 2. The van der Waals surface area contributed by atoms with E-state index in [1.165, 1.54) is 0 Å². The van der Waals surface area contributed by atoms with Crippen LogP contribution in [-0.2, 0) is 0 Å². The van der Waals surface area contributed by atoms with E-state index in [2.05, 4.69) is 27.0 Å². The zero-order valence-corrected chi connectivity index (χ0v) is 17.3. The minimum Gasteiger partial charge on any atom is -0.348 e. The standard InChI is InChI=1S/C25H23N5O/c1-18-17-29(25(31)20-11-6-3-7-12-20)15-16-30(18)24-21-13-8-14-26-23(21)22(27-28-24)19-9-4-2-5-10-19/h2-14,18H,15-17H2,1H3. The molecular weight excluding hydrogens is 386 g/mol. The summed E-state index contributed by atoms with van der Waals surface area (Å²) in [7, 11) is 0. The molecule has 1 saturated heterocycles. The van der Waals surface area contributed by atoms with Gasteiger partial charge in [-0.25, -0.2) is 0 Å². The Morgan fingerprint density at radius 2 is 1.65 bits per heavy atom. The zero-order valence-electron chi connectivity index (χ0n) is 17.3. The molecule has 5 rings (SSSR count). The fourth-order valence-electron chi connectivity index (χ4n) is 4.20. The van der Waals surface area contributed by atoms with Gasteiger partial charge >= 0.3 is 0 Å². The molecule has 6 nitrogen and oxygen atoms in total. The smallest absolute Gasteiger partial charge is 0.253 e. The molecule has 1 aliphatic rings. The SMILES string of the molecule is CC1CN(C(=O)c2ccccc2)CCN1c1nnc(-c2ccccc2)c2ncccc12. The topological polar surface area (TPSA) is 62.2 Å². The number of carbonyl (C=O) groups is 1. The van der Waals surface area contributed by atoms with Gasteiger partial charge in [0.25, 0.3) is 5.91 Å². The van der Waals surface area contributed by atoms with Crippen molar-refractivity contribution < 1.29 is 4.79 Å². The Balaban J connectivity index is 1.45. The third kappa shape index (κ3) is 3.61. The van der Waals surface area contributed by atoms with Crippen LogP contribution in [-0.4, -0.2) is 51.7 Å². The first-order valence-electron chi connectivity index (χ1n) is 10.5. The normalized spacial score (nSPS) is 16.5. The van der Waals surface area contributed by atoms with Gasteiger partial charge in [-0.15, -0.1) is 10.2 Å². The summed E-state index contributed by atoms with van der Waals surface area (Å²) >= 11 is 0. The van der Waals surface area contributed by atoms with Crippen LogP contribution in [0.4, 0.5) is 5.82 Å². The lowest BCUT2D eigenvalue weighted by atomic mass is 10.1. The van der Waals surface area contributed by atoms with Crippen LogP contribution in [0.3, 0.4) is 0 Å². The van der Waals surface area contributed by atoms with Crippen molar-refractivity contribution in [3.05, 3.63) is 84.6 Å². The summed E-state index contributed by atoms with van der Waals surface area (Å²) in [6.45, 7) is 4.10. The Morgan fingerprint density at radius 1 is 0.903 bits per heavy atom. The number of hydrogen-bond acceptors (Lipinski definition) is 5. The molecule has 1 amide bonds. The van der Waals surface area contributed by atoms with Crippen molar-refractivity contribution in [2.45, 2.75) is 13.0 Å². The van der Waals surface area contributed by atoms with Crippen LogP contribution in [0.1, 0.15) is 17.3 Å². The van der Waals surface area contributed by atoms with E-state index < -0.39 is 0 Å². The fourth-order valence-corrected chi connectivity index (χ4v) is 4.20. The molecule has 2 aromatic heterocycles. The molecular formula is C25H23N5O. The van der Waals surface area contributed by atoms with E-state index in [4.69, 9.17) is 0 Å². The molecule has 2 aromatic carbocycles. The van der Waals surface area contributed by atoms with Gasteiger partial charge < -0.3 is 9.80 Å². The molecule has 0 spiro atoms. The highest BCUT2D eigenvalue weighted by Gasteiger charge is 2.29. The van der Waals surface area contributed by atoms with Crippen LogP contribution in [0.15, 0.2) is 79.0 Å². The predicted octanol–water partition coefficient (Wildman–Crippen LogP) is 4.04. The van der Waals surface area contributed by atoms with E-state index in [0.29, 0.717) is 19.6 Å². The number of rotatable bonds is 3. The van der Waals surface area contributed by atoms with Crippen LogP contribution in [0, 0.1) is 0 Å². The maximum Gasteiger partial charge on any atom is 0.253 e. The van der Waals surface area contributed by atoms with E-state index in [1.54, 1.807) is 6.20 Å². The van der Waals surface area contributed by atoms with E-state index in [9.17, 15) is 4.79 Å². The minimum atomic E-state index is 0.0733. The number of carbonyl (C=O) groups excluding carboxylic acids is 1. The Morgan fingerprint density at radius 3 is 2.39 bits per heavy atom. The second-order valence-corrected chi connectivity index (χ2v) is 7.80. The average molecular weight is 409 g/mol. The maximum atomic E-state index is 12.9. The zero-order chi connectivity index (χ0) is 21.2. The van der Waals surface area contributed by atoms with E-state index in [0.717, 1.165) is 33.5 Å². The molecule has 1 fully saturated rings. The molecule has 0 radical (unpaired) electrons. The summed E-state index contributed by atoms with van der Waals surface area (Å²) in [6, 6.07) is 23.6. The minimum absolute atomic E-state index is 0.0733. The number of anilines is 1. The third-order valence-corrected chi connectivity index (χ3v) is 5.77. The molecule has 1 aliphatic heterocycles. The average Bonchev–Trinajstić information content (AvgIpc) is 2.84. The van der Waals surface area contributed by atoms with Crippen molar-refractivity contribution in [3.63, 3.8) is 0 Å². The summed E-state index contributed by atoms with van der Waals surface area (Å²) < 4.78 is 0. The van der Waals surface area contributed by atoms with Gasteiger partial charge in [0.2, 0.25) is 0 Å². The Bertz CT molecular complexity index is 1210. The number of pyridine rings is 1. The quantitative estimate of drug-likeness (QED) is 0.511. The van der Waals surface area contributed by atoms with Gasteiger partial charge in [-0.2, -0.15) is 0 Å². The first kappa shape index (κ1) is 19.2. The summed E-state index contributed by atoms with van der Waals surface area (Å²) in [5, 5.41) is 10.1. The molecule has 0 bridgehead atoms. The highest BCUT2D eigenvalue weighted by atomic mass is 16.2. The predicted molar refractivity (Wildman–Crippen MR) is 122 cm³/mol. The number of fused-ring (bicyclic) bond motifs is 1. The monoisotopic (exact) mass is 409 g/mol. The van der Waals surface area contributed by atoms with Crippen LogP contribution in [0.25, 0.3) is 22.2 Å². The highest BCUT2D eigenvalue weighted by Crippen LogP contribution is 2.31. The fraction of sp³-hybridized carbons (Fsp3) is 0.200. The molecule has 6 heteroatoms. The maximum absolute atomic E-state index is 12.9. The molecule has 31 heavy (non-hydrogen) atoms. The molecule has 0 saturated carbocycles. The second kappa shape index (κ2) is 8.14. The largest absolute Gasteiger partial charge is 0.348 e. The molecule has 0 N–H and O–H groups in total. The van der Waals surface area contributed by atoms with Crippen molar-refractivity contribution in [3.8, 4) is 11.3 Å². The molecule has 1 atom stereocenters. The summed E-state index contributed by atoms with van der Waals surface area (Å²) in [4.78, 5) is 21.7. The van der Waals surface area contributed by atoms with Crippen LogP contribution >= 0.6 is 0 Å². The third-order valence-electron chi connectivity index (χ3n) is 5.77. The van der Waals surface area contributed by atoms with Crippen LogP contribution in [0.5, 0.6) is 0 Å². The van der Waals surface area contributed by atoms with E-state index in [1.807, 2.05) is 77.7 Å². The number of hydrogen-bond donors (Lipinski definition) is 0. The highest BCUT2D eigenvalue weighted by molar-refractivity contribution is 5.98. The van der Waals surface area contributed by atoms with Gasteiger partial charge in [0.1, 0.15) is 11.2 Å². The molecule has 154 valence electrons. The van der Waals surface area contributed by atoms with Crippen molar-refractivity contribution in [2.75, 3.05) is 24.5 Å². The van der Waals surface area contributed by atoms with Gasteiger partial charge in [0, 0.05) is 48.4 Å². The van der Waals surface area contributed by atoms with Gasteiger partial charge in [0.15, 0.2) is 5.82 Å². The van der Waals surface area contributed by atoms with Gasteiger partial charge in [0.05, 0.1) is 0 Å². The summed E-state index contributed by atoms with van der Waals surface area (Å²) in [6.07, 6.45) is 1.79. The van der Waals surface area contributed by atoms with E-state index >= 15 is 0 Å². The summed E-state index contributed by atoms with van der Waals surface area (Å²) in [5.74, 6) is 0.895. The Labute approximate surface area is 181 Å². The van der Waals surface area contributed by atoms with Gasteiger partial charge in [-0.1, -0.05) is 48.5 Å². The van der Waals surface area contributed by atoms with Gasteiger partial charge in [-0.3, -0.25) is 9.78 Å². The number of piperazine rings is 1. The van der Waals surface area contributed by atoms with Crippen molar-refractivity contribution >= 4 is 22.6 Å². The molecule has 3 heterocycles. The summed E-state index contributed by atoms with van der Waals surface area (Å²) in [5.41, 5.74) is 3.35. The Hall–Kier alpha value is -3.80. The lowest BCUT2D eigenvalue weighted by Gasteiger charge is -2.40. The number of aromatic nitrogens is 3. The number of amides is 1. The molecule has 4 aromatic rings.